The third kappa shape index (κ3) is 7.29. The van der Waals surface area contributed by atoms with Crippen LogP contribution in [0.25, 0.3) is 0 Å². The van der Waals surface area contributed by atoms with Crippen molar-refractivity contribution in [3.05, 3.63) is 65.2 Å². The molecule has 7 heteroatoms. The van der Waals surface area contributed by atoms with E-state index in [-0.39, 0.29) is 11.9 Å². The maximum atomic E-state index is 12.8. The summed E-state index contributed by atoms with van der Waals surface area (Å²) < 4.78 is 0. The molecule has 1 fully saturated rings. The Morgan fingerprint density at radius 1 is 0.943 bits per heavy atom. The quantitative estimate of drug-likeness (QED) is 0.435. The predicted octanol–water partition coefficient (Wildman–Crippen LogP) is 5.16. The summed E-state index contributed by atoms with van der Waals surface area (Å²) in [4.78, 5) is 30.8. The van der Waals surface area contributed by atoms with Gasteiger partial charge in [-0.2, -0.15) is 0 Å². The molecule has 1 unspecified atom stereocenters. The van der Waals surface area contributed by atoms with Crippen molar-refractivity contribution in [3.8, 4) is 0 Å². The zero-order chi connectivity index (χ0) is 25.2. The third-order valence-corrected chi connectivity index (χ3v) is 6.83. The number of amides is 2. The van der Waals surface area contributed by atoms with Gasteiger partial charge in [0.1, 0.15) is 0 Å². The lowest BCUT2D eigenvalue weighted by Gasteiger charge is -2.40. The van der Waals surface area contributed by atoms with Crippen LogP contribution in [0.1, 0.15) is 67.6 Å². The van der Waals surface area contributed by atoms with E-state index in [0.717, 1.165) is 43.9 Å². The molecular formula is C28H40N4O3. The molecule has 0 radical (unpaired) electrons. The molecule has 0 aliphatic carbocycles. The molecule has 1 heterocycles. The number of carbonyl (C=O) groups is 2. The van der Waals surface area contributed by atoms with Crippen molar-refractivity contribution in [2.45, 2.75) is 46.1 Å². The molecule has 0 spiro atoms. The lowest BCUT2D eigenvalue weighted by atomic mass is 9.94. The molecule has 3 rings (SSSR count). The second kappa shape index (κ2) is 13.3. The number of hydrogen-bond acceptors (Lipinski definition) is 4. The number of carbonyl (C=O) groups excluding carboxylic acids is 1. The van der Waals surface area contributed by atoms with Gasteiger partial charge < -0.3 is 14.9 Å². The van der Waals surface area contributed by atoms with Crippen molar-refractivity contribution in [1.82, 2.24) is 14.7 Å². The Hall–Kier alpha value is -2.90. The lowest BCUT2D eigenvalue weighted by Crippen LogP contribution is -2.48. The first-order chi connectivity index (χ1) is 17.0. The molecule has 2 amide bonds. The number of rotatable bonds is 11. The minimum Gasteiger partial charge on any atom is -0.465 e. The van der Waals surface area contributed by atoms with E-state index in [9.17, 15) is 14.7 Å². The van der Waals surface area contributed by atoms with Gasteiger partial charge in [0.2, 0.25) is 0 Å². The van der Waals surface area contributed by atoms with Crippen molar-refractivity contribution >= 4 is 17.7 Å². The number of nitrogens with zero attached hydrogens (tertiary/aromatic N) is 3. The molecule has 1 aliphatic heterocycles. The number of benzene rings is 2. The van der Waals surface area contributed by atoms with Gasteiger partial charge in [-0.1, -0.05) is 44.0 Å². The molecule has 1 atom stereocenters. The molecule has 0 saturated carbocycles. The van der Waals surface area contributed by atoms with Crippen molar-refractivity contribution in [3.63, 3.8) is 0 Å². The normalized spacial score (nSPS) is 15.5. The van der Waals surface area contributed by atoms with Crippen LogP contribution in [0.15, 0.2) is 48.5 Å². The lowest BCUT2D eigenvalue weighted by molar-refractivity contribution is 0.0773. The minimum atomic E-state index is -1.07. The first kappa shape index (κ1) is 26.7. The van der Waals surface area contributed by atoms with Crippen LogP contribution in [0.3, 0.4) is 0 Å². The van der Waals surface area contributed by atoms with Crippen LogP contribution >= 0.6 is 0 Å². The highest BCUT2D eigenvalue weighted by Gasteiger charge is 2.27. The Bertz CT molecular complexity index is 951. The van der Waals surface area contributed by atoms with E-state index in [2.05, 4.69) is 28.1 Å². The van der Waals surface area contributed by atoms with Crippen LogP contribution in [0.5, 0.6) is 0 Å². The molecule has 0 aromatic heterocycles. The maximum absolute atomic E-state index is 12.8. The van der Waals surface area contributed by atoms with Crippen LogP contribution in [0.2, 0.25) is 0 Å². The van der Waals surface area contributed by atoms with E-state index in [1.165, 1.54) is 19.3 Å². The first-order valence-electron chi connectivity index (χ1n) is 12.9. The van der Waals surface area contributed by atoms with E-state index in [0.29, 0.717) is 24.3 Å². The fraction of sp³-hybridized carbons (Fsp3) is 0.500. The molecule has 1 saturated heterocycles. The highest BCUT2D eigenvalue weighted by Crippen LogP contribution is 2.31. The molecule has 2 aromatic rings. The van der Waals surface area contributed by atoms with Gasteiger partial charge in [0.15, 0.2) is 0 Å². The van der Waals surface area contributed by atoms with E-state index >= 15 is 0 Å². The Balaban J connectivity index is 1.85. The van der Waals surface area contributed by atoms with E-state index in [4.69, 9.17) is 0 Å². The Kier molecular flexibility index (Phi) is 10.1. The van der Waals surface area contributed by atoms with Crippen molar-refractivity contribution in [2.75, 3.05) is 51.1 Å². The second-order valence-electron chi connectivity index (χ2n) is 9.14. The summed E-state index contributed by atoms with van der Waals surface area (Å²) in [7, 11) is 0. The van der Waals surface area contributed by atoms with Crippen LogP contribution in [-0.4, -0.2) is 77.6 Å². The zero-order valence-electron chi connectivity index (χ0n) is 21.4. The van der Waals surface area contributed by atoms with Gasteiger partial charge in [-0.05, 0) is 62.2 Å². The molecule has 7 nitrogen and oxygen atoms in total. The highest BCUT2D eigenvalue weighted by atomic mass is 16.4. The number of piperazine rings is 1. The second-order valence-corrected chi connectivity index (χ2v) is 9.14. The Morgan fingerprint density at radius 3 is 2.23 bits per heavy atom. The number of carboxylic acid groups (broad SMARTS) is 1. The number of hydrogen-bond donors (Lipinski definition) is 2. The van der Waals surface area contributed by atoms with E-state index in [1.54, 1.807) is 6.07 Å². The van der Waals surface area contributed by atoms with Gasteiger partial charge in [-0.15, -0.1) is 0 Å². The fourth-order valence-electron chi connectivity index (χ4n) is 4.86. The van der Waals surface area contributed by atoms with Crippen molar-refractivity contribution < 1.29 is 14.7 Å². The smallest absolute Gasteiger partial charge is 0.409 e. The molecule has 190 valence electrons. The average molecular weight is 481 g/mol. The van der Waals surface area contributed by atoms with Crippen LogP contribution in [0.4, 0.5) is 10.5 Å². The summed E-state index contributed by atoms with van der Waals surface area (Å²) in [6.07, 6.45) is 2.67. The highest BCUT2D eigenvalue weighted by molar-refractivity contribution is 5.94. The number of anilines is 1. The van der Waals surface area contributed by atoms with Crippen LogP contribution in [-0.2, 0) is 0 Å². The molecule has 35 heavy (non-hydrogen) atoms. The molecule has 2 N–H and O–H groups in total. The Labute approximate surface area is 209 Å². The average Bonchev–Trinajstić information content (AvgIpc) is 2.86. The number of unbranched alkanes of at least 4 members (excludes halogenated alkanes) is 2. The van der Waals surface area contributed by atoms with Gasteiger partial charge in [-0.25, -0.2) is 4.79 Å². The van der Waals surface area contributed by atoms with Crippen LogP contribution in [0, 0.1) is 0 Å². The van der Waals surface area contributed by atoms with E-state index in [1.807, 2.05) is 55.1 Å². The van der Waals surface area contributed by atoms with Crippen molar-refractivity contribution in [1.29, 1.82) is 0 Å². The summed E-state index contributed by atoms with van der Waals surface area (Å²) >= 11 is 0. The molecule has 2 aromatic carbocycles. The summed E-state index contributed by atoms with van der Waals surface area (Å²) in [5, 5.41) is 11.7. The zero-order valence-corrected chi connectivity index (χ0v) is 21.4. The standard InChI is InChI=1S/C28H40N4O3/c1-4-7-8-16-30-17-19-32(20-18-30)26(24-10-9-11-25(21-24)29-28(34)35)22-12-14-23(15-13-22)27(33)31(5-2)6-3/h9-15,21,26,29H,4-8,16-20H2,1-3H3,(H,34,35). The van der Waals surface area contributed by atoms with Gasteiger partial charge >= 0.3 is 6.09 Å². The maximum Gasteiger partial charge on any atom is 0.409 e. The van der Waals surface area contributed by atoms with Gasteiger partial charge in [-0.3, -0.25) is 15.0 Å². The summed E-state index contributed by atoms with van der Waals surface area (Å²) in [5.74, 6) is 0.0476. The van der Waals surface area contributed by atoms with Crippen LogP contribution < -0.4 is 5.32 Å². The SMILES string of the molecule is CCCCCN1CCN(C(c2ccc(C(=O)N(CC)CC)cc2)c2cccc(NC(=O)O)c2)CC1. The first-order valence-corrected chi connectivity index (χ1v) is 12.9. The van der Waals surface area contributed by atoms with Crippen molar-refractivity contribution in [2.24, 2.45) is 0 Å². The monoisotopic (exact) mass is 480 g/mol. The summed E-state index contributed by atoms with van der Waals surface area (Å²) in [6.45, 7) is 12.6. The summed E-state index contributed by atoms with van der Waals surface area (Å²) in [6, 6.07) is 15.6. The number of nitrogens with one attached hydrogen (secondary N) is 1. The minimum absolute atomic E-state index is 0.0130. The predicted molar refractivity (Wildman–Crippen MR) is 141 cm³/mol. The molecule has 0 bridgehead atoms. The fourth-order valence-corrected chi connectivity index (χ4v) is 4.86. The van der Waals surface area contributed by atoms with Gasteiger partial charge in [0.05, 0.1) is 6.04 Å². The van der Waals surface area contributed by atoms with E-state index < -0.39 is 6.09 Å². The molecule has 1 aliphatic rings. The summed E-state index contributed by atoms with van der Waals surface area (Å²) in [5.41, 5.74) is 3.40. The molecular weight excluding hydrogens is 440 g/mol. The van der Waals surface area contributed by atoms with Gasteiger partial charge in [0, 0.05) is 50.5 Å². The topological polar surface area (TPSA) is 76.1 Å². The van der Waals surface area contributed by atoms with Gasteiger partial charge in [0.25, 0.3) is 5.91 Å². The largest absolute Gasteiger partial charge is 0.465 e. The Morgan fingerprint density at radius 2 is 1.63 bits per heavy atom. The third-order valence-electron chi connectivity index (χ3n) is 6.83.